The Morgan fingerprint density at radius 3 is 2.38 bits per heavy atom. The molecule has 0 radical (unpaired) electrons. The first kappa shape index (κ1) is 25.7. The molecule has 3 aliphatic rings. The van der Waals surface area contributed by atoms with Gasteiger partial charge in [0.15, 0.2) is 5.96 Å². The molecule has 0 aromatic heterocycles. The monoisotopic (exact) mass is 555 g/mol. The van der Waals surface area contributed by atoms with Crippen LogP contribution in [-0.4, -0.2) is 80.3 Å². The van der Waals surface area contributed by atoms with E-state index in [9.17, 15) is 0 Å². The van der Waals surface area contributed by atoms with E-state index in [1.807, 2.05) is 7.05 Å². The van der Waals surface area contributed by atoms with E-state index in [0.717, 1.165) is 64.5 Å². The lowest BCUT2D eigenvalue weighted by Crippen LogP contribution is -2.59. The smallest absolute Gasteiger partial charge is 0.191 e. The maximum atomic E-state index is 5.70. The van der Waals surface area contributed by atoms with E-state index >= 15 is 0 Å². The van der Waals surface area contributed by atoms with Crippen LogP contribution in [0.5, 0.6) is 0 Å². The highest BCUT2D eigenvalue weighted by molar-refractivity contribution is 14.0. The summed E-state index contributed by atoms with van der Waals surface area (Å²) in [7, 11) is 1.90. The topological polar surface area (TPSA) is 52.1 Å². The Morgan fingerprint density at radius 2 is 1.75 bits per heavy atom. The Morgan fingerprint density at radius 1 is 1.09 bits per heavy atom. The number of halogens is 1. The molecule has 0 amide bonds. The molecule has 1 unspecified atom stereocenters. The van der Waals surface area contributed by atoms with Gasteiger partial charge in [-0.1, -0.05) is 30.3 Å². The van der Waals surface area contributed by atoms with Crippen LogP contribution in [0.3, 0.4) is 0 Å². The van der Waals surface area contributed by atoms with Crippen molar-refractivity contribution in [3.8, 4) is 0 Å². The molecule has 1 atom stereocenters. The van der Waals surface area contributed by atoms with Gasteiger partial charge in [0.05, 0.1) is 0 Å². The molecule has 0 saturated carbocycles. The first-order valence-corrected chi connectivity index (χ1v) is 12.3. The van der Waals surface area contributed by atoms with E-state index in [2.05, 4.69) is 62.7 Å². The van der Waals surface area contributed by atoms with Crippen LogP contribution >= 0.6 is 24.0 Å². The van der Waals surface area contributed by atoms with Crippen molar-refractivity contribution in [2.24, 2.45) is 4.99 Å². The Hall–Kier alpha value is -0.900. The third kappa shape index (κ3) is 6.36. The molecule has 1 aromatic rings. The minimum absolute atomic E-state index is 0. The average molecular weight is 556 g/mol. The van der Waals surface area contributed by atoms with Crippen LogP contribution in [0.1, 0.15) is 57.1 Å². The van der Waals surface area contributed by atoms with Crippen LogP contribution in [0.15, 0.2) is 35.3 Å². The number of rotatable bonds is 6. The molecule has 3 saturated heterocycles. The van der Waals surface area contributed by atoms with Crippen LogP contribution in [0.25, 0.3) is 0 Å². The lowest BCUT2D eigenvalue weighted by atomic mass is 9.88. The second kappa shape index (κ2) is 12.5. The first-order valence-electron chi connectivity index (χ1n) is 12.3. The lowest BCUT2D eigenvalue weighted by molar-refractivity contribution is -0.0164. The van der Waals surface area contributed by atoms with Crippen LogP contribution < -0.4 is 10.6 Å². The Balaban J connectivity index is 0.00000289. The predicted molar refractivity (Wildman–Crippen MR) is 143 cm³/mol. The fraction of sp³-hybridized carbons (Fsp3) is 0.720. The summed E-state index contributed by atoms with van der Waals surface area (Å²) in [4.78, 5) is 9.87. The van der Waals surface area contributed by atoms with Gasteiger partial charge >= 0.3 is 0 Å². The average Bonchev–Trinajstić information content (AvgIpc) is 3.39. The van der Waals surface area contributed by atoms with E-state index in [1.165, 1.54) is 31.5 Å². The van der Waals surface area contributed by atoms with Gasteiger partial charge < -0.3 is 15.4 Å². The lowest BCUT2D eigenvalue weighted by Gasteiger charge is -2.45. The minimum Gasteiger partial charge on any atom is -0.381 e. The second-order valence-corrected chi connectivity index (χ2v) is 9.50. The molecule has 0 spiro atoms. The molecule has 0 bridgehead atoms. The number of ether oxygens (including phenoxy) is 1. The van der Waals surface area contributed by atoms with E-state index in [1.54, 1.807) is 0 Å². The molecular weight excluding hydrogens is 513 g/mol. The molecule has 7 heteroatoms. The normalized spacial score (nSPS) is 24.0. The number of nitrogens with one attached hydrogen (secondary N) is 2. The van der Waals surface area contributed by atoms with Crippen molar-refractivity contribution in [1.82, 2.24) is 20.4 Å². The fourth-order valence-electron chi connectivity index (χ4n) is 5.56. The van der Waals surface area contributed by atoms with Gasteiger partial charge in [0.2, 0.25) is 0 Å². The molecule has 3 aliphatic heterocycles. The number of benzene rings is 1. The van der Waals surface area contributed by atoms with E-state index < -0.39 is 0 Å². The van der Waals surface area contributed by atoms with Crippen molar-refractivity contribution in [3.05, 3.63) is 35.9 Å². The van der Waals surface area contributed by atoms with Crippen molar-refractivity contribution < 1.29 is 4.74 Å². The molecule has 4 rings (SSSR count). The molecule has 0 aliphatic carbocycles. The highest BCUT2D eigenvalue weighted by Gasteiger charge is 2.39. The van der Waals surface area contributed by atoms with Gasteiger partial charge in [-0.05, 0) is 64.1 Å². The standard InChI is InChI=1S/C25H41N5O.HI/c1-21(22-8-4-3-5-9-22)29-16-10-23(11-17-29)28-24(26-2)27-20-25(12-18-31-19-13-25)30-14-6-7-15-30;/h3-5,8-9,21,23H,6-7,10-20H2,1-2H3,(H2,26,27,28);1H. The number of guanidine groups is 1. The van der Waals surface area contributed by atoms with Crippen molar-refractivity contribution in [2.75, 3.05) is 53.0 Å². The highest BCUT2D eigenvalue weighted by Crippen LogP contribution is 2.31. The van der Waals surface area contributed by atoms with Gasteiger partial charge in [-0.3, -0.25) is 14.8 Å². The van der Waals surface area contributed by atoms with E-state index in [-0.39, 0.29) is 29.5 Å². The molecule has 32 heavy (non-hydrogen) atoms. The number of hydrogen-bond acceptors (Lipinski definition) is 4. The first-order chi connectivity index (χ1) is 15.2. The SMILES string of the molecule is CN=C(NCC1(N2CCCC2)CCOCC1)NC1CCN(C(C)c2ccccc2)CC1.I. The van der Waals surface area contributed by atoms with Crippen molar-refractivity contribution in [1.29, 1.82) is 0 Å². The van der Waals surface area contributed by atoms with Gasteiger partial charge in [-0.2, -0.15) is 0 Å². The Labute approximate surface area is 211 Å². The summed E-state index contributed by atoms with van der Waals surface area (Å²) in [6.45, 7) is 9.75. The van der Waals surface area contributed by atoms with Gasteiger partial charge in [-0.25, -0.2) is 0 Å². The van der Waals surface area contributed by atoms with Crippen LogP contribution in [0, 0.1) is 0 Å². The van der Waals surface area contributed by atoms with Crippen molar-refractivity contribution in [2.45, 2.75) is 63.1 Å². The minimum atomic E-state index is 0. The molecule has 6 nitrogen and oxygen atoms in total. The van der Waals surface area contributed by atoms with Crippen LogP contribution in [-0.2, 0) is 4.74 Å². The van der Waals surface area contributed by atoms with Crippen molar-refractivity contribution in [3.63, 3.8) is 0 Å². The molecule has 2 N–H and O–H groups in total. The number of piperidine rings is 1. The van der Waals surface area contributed by atoms with Gasteiger partial charge in [0.25, 0.3) is 0 Å². The second-order valence-electron chi connectivity index (χ2n) is 9.50. The Kier molecular flexibility index (Phi) is 10.1. The van der Waals surface area contributed by atoms with Crippen LogP contribution in [0.4, 0.5) is 0 Å². The molecule has 1 aromatic carbocycles. The summed E-state index contributed by atoms with van der Waals surface area (Å²) in [5.74, 6) is 0.958. The molecular formula is C25H42IN5O. The van der Waals surface area contributed by atoms with Gasteiger partial charge in [0, 0.05) is 57.5 Å². The number of hydrogen-bond donors (Lipinski definition) is 2. The summed E-state index contributed by atoms with van der Waals surface area (Å²) in [5.41, 5.74) is 1.64. The third-order valence-corrected chi connectivity index (χ3v) is 7.71. The molecule has 180 valence electrons. The summed E-state index contributed by atoms with van der Waals surface area (Å²) in [5, 5.41) is 7.41. The number of nitrogens with zero attached hydrogens (tertiary/aromatic N) is 3. The molecule has 3 heterocycles. The Bertz CT molecular complexity index is 696. The number of likely N-dealkylation sites (tertiary alicyclic amines) is 2. The zero-order chi connectivity index (χ0) is 21.5. The molecule has 3 fully saturated rings. The summed E-state index contributed by atoms with van der Waals surface area (Å²) in [6, 6.07) is 11.8. The van der Waals surface area contributed by atoms with E-state index in [4.69, 9.17) is 4.74 Å². The zero-order valence-electron chi connectivity index (χ0n) is 19.9. The maximum Gasteiger partial charge on any atom is 0.191 e. The van der Waals surface area contributed by atoms with Crippen LogP contribution in [0.2, 0.25) is 0 Å². The third-order valence-electron chi connectivity index (χ3n) is 7.71. The quantitative estimate of drug-likeness (QED) is 0.319. The number of aliphatic imine (C=N–C) groups is 1. The van der Waals surface area contributed by atoms with E-state index in [0.29, 0.717) is 12.1 Å². The van der Waals surface area contributed by atoms with Gasteiger partial charge in [0.1, 0.15) is 0 Å². The zero-order valence-corrected chi connectivity index (χ0v) is 22.2. The summed E-state index contributed by atoms with van der Waals surface area (Å²) in [6.07, 6.45) is 7.20. The largest absolute Gasteiger partial charge is 0.381 e. The maximum absolute atomic E-state index is 5.70. The summed E-state index contributed by atoms with van der Waals surface area (Å²) >= 11 is 0. The fourth-order valence-corrected chi connectivity index (χ4v) is 5.56. The van der Waals surface area contributed by atoms with Crippen molar-refractivity contribution >= 4 is 29.9 Å². The van der Waals surface area contributed by atoms with Gasteiger partial charge in [-0.15, -0.1) is 24.0 Å². The summed E-state index contributed by atoms with van der Waals surface area (Å²) < 4.78 is 5.70. The predicted octanol–water partition coefficient (Wildman–Crippen LogP) is 3.64. The highest BCUT2D eigenvalue weighted by atomic mass is 127.